The Labute approximate surface area is 122 Å². The lowest BCUT2D eigenvalue weighted by Crippen LogP contribution is -2.68. The first-order chi connectivity index (χ1) is 9.23. The van der Waals surface area contributed by atoms with Gasteiger partial charge < -0.3 is 9.64 Å². The second-order valence-corrected chi connectivity index (χ2v) is 7.85. The smallest absolute Gasteiger partial charge is 0.123 e. The van der Waals surface area contributed by atoms with Gasteiger partial charge in [0.2, 0.25) is 0 Å². The zero-order chi connectivity index (χ0) is 12.6. The van der Waals surface area contributed by atoms with Crippen molar-refractivity contribution < 1.29 is 4.74 Å². The maximum Gasteiger partial charge on any atom is 0.123 e. The number of benzene rings is 1. The van der Waals surface area contributed by atoms with E-state index in [-0.39, 0.29) is 5.60 Å². The number of hydrogen-bond acceptors (Lipinski definition) is 2. The first kappa shape index (κ1) is 11.2. The molecule has 1 aromatic carbocycles. The molecule has 1 aliphatic carbocycles. The summed E-state index contributed by atoms with van der Waals surface area (Å²) in [5.41, 5.74) is 1.55. The minimum Gasteiger partial charge on any atom is -0.486 e. The van der Waals surface area contributed by atoms with Gasteiger partial charge in [-0.15, -0.1) is 0 Å². The van der Waals surface area contributed by atoms with Crippen LogP contribution in [0.3, 0.4) is 0 Å². The zero-order valence-corrected chi connectivity index (χ0v) is 12.5. The van der Waals surface area contributed by atoms with Crippen molar-refractivity contribution in [3.63, 3.8) is 0 Å². The molecule has 5 aliphatic rings. The van der Waals surface area contributed by atoms with E-state index in [1.54, 1.807) is 0 Å². The van der Waals surface area contributed by atoms with E-state index in [9.17, 15) is 0 Å². The van der Waals surface area contributed by atoms with E-state index in [4.69, 9.17) is 4.74 Å². The Balaban J connectivity index is 1.57. The highest BCUT2D eigenvalue weighted by molar-refractivity contribution is 9.10. The van der Waals surface area contributed by atoms with Crippen molar-refractivity contribution in [2.75, 3.05) is 19.6 Å². The molecule has 2 nitrogen and oxygen atoms in total. The van der Waals surface area contributed by atoms with E-state index in [1.807, 2.05) is 0 Å². The Morgan fingerprint density at radius 2 is 1.95 bits per heavy atom. The van der Waals surface area contributed by atoms with Crippen LogP contribution in [0.5, 0.6) is 5.75 Å². The number of fused-ring (bicyclic) bond motifs is 1. The molecule has 2 atom stereocenters. The molecule has 4 aliphatic heterocycles. The SMILES string of the molecule is Brc1ccc2c(c1)CC1(O2)C2CC3CC1CN(C3)C2. The van der Waals surface area contributed by atoms with Crippen molar-refractivity contribution in [2.24, 2.45) is 17.8 Å². The van der Waals surface area contributed by atoms with Crippen LogP contribution in [0.1, 0.15) is 18.4 Å². The third-order valence-corrected chi connectivity index (χ3v) is 6.37. The first-order valence-corrected chi connectivity index (χ1v) is 8.22. The molecule has 0 N–H and O–H groups in total. The fourth-order valence-corrected chi connectivity index (χ4v) is 5.64. The van der Waals surface area contributed by atoms with E-state index >= 15 is 0 Å². The van der Waals surface area contributed by atoms with E-state index < -0.39 is 0 Å². The lowest BCUT2D eigenvalue weighted by Gasteiger charge is -2.60. The molecule has 6 rings (SSSR count). The van der Waals surface area contributed by atoms with Crippen molar-refractivity contribution in [1.29, 1.82) is 0 Å². The molecule has 4 bridgehead atoms. The van der Waals surface area contributed by atoms with Gasteiger partial charge in [-0.1, -0.05) is 15.9 Å². The highest BCUT2D eigenvalue weighted by Crippen LogP contribution is 2.55. The fraction of sp³-hybridized carbons (Fsp3) is 0.625. The second kappa shape index (κ2) is 3.56. The minimum absolute atomic E-state index is 0.135. The summed E-state index contributed by atoms with van der Waals surface area (Å²) in [6.45, 7) is 3.88. The Morgan fingerprint density at radius 1 is 1.16 bits per heavy atom. The average Bonchev–Trinajstić information content (AvgIpc) is 2.75. The van der Waals surface area contributed by atoms with Gasteiger partial charge in [-0.3, -0.25) is 0 Å². The molecule has 0 radical (unpaired) electrons. The molecule has 19 heavy (non-hydrogen) atoms. The second-order valence-electron chi connectivity index (χ2n) is 6.94. The molecule has 4 heterocycles. The minimum atomic E-state index is 0.135. The third kappa shape index (κ3) is 1.41. The normalized spacial score (nSPS) is 45.5. The lowest BCUT2D eigenvalue weighted by molar-refractivity contribution is -0.158. The Bertz CT molecular complexity index is 528. The molecular weight excluding hydrogens is 302 g/mol. The van der Waals surface area contributed by atoms with Gasteiger partial charge in [-0.25, -0.2) is 0 Å². The zero-order valence-electron chi connectivity index (χ0n) is 10.9. The molecule has 1 spiro atoms. The van der Waals surface area contributed by atoms with Crippen LogP contribution in [0.15, 0.2) is 22.7 Å². The predicted molar refractivity (Wildman–Crippen MR) is 77.3 cm³/mol. The maximum atomic E-state index is 6.58. The van der Waals surface area contributed by atoms with Gasteiger partial charge in [0.25, 0.3) is 0 Å². The number of hydrogen-bond donors (Lipinski definition) is 0. The lowest BCUT2D eigenvalue weighted by atomic mass is 9.58. The Morgan fingerprint density at radius 3 is 2.68 bits per heavy atom. The first-order valence-electron chi connectivity index (χ1n) is 7.43. The molecule has 1 aromatic rings. The van der Waals surface area contributed by atoms with Crippen LogP contribution in [0, 0.1) is 17.8 Å². The molecule has 0 aromatic heterocycles. The van der Waals surface area contributed by atoms with Crippen molar-refractivity contribution in [1.82, 2.24) is 4.90 Å². The molecule has 1 saturated carbocycles. The summed E-state index contributed by atoms with van der Waals surface area (Å²) in [6, 6.07) is 6.52. The van der Waals surface area contributed by atoms with Gasteiger partial charge in [0.15, 0.2) is 0 Å². The van der Waals surface area contributed by atoms with E-state index in [1.165, 1.54) is 42.5 Å². The molecule has 2 unspecified atom stereocenters. The molecule has 4 fully saturated rings. The summed E-state index contributed by atoms with van der Waals surface area (Å²) >= 11 is 3.59. The molecule has 3 heteroatoms. The van der Waals surface area contributed by atoms with Gasteiger partial charge in [-0.2, -0.15) is 0 Å². The van der Waals surface area contributed by atoms with E-state index in [0.29, 0.717) is 0 Å². The summed E-state index contributed by atoms with van der Waals surface area (Å²) in [7, 11) is 0. The van der Waals surface area contributed by atoms with Crippen LogP contribution < -0.4 is 4.74 Å². The van der Waals surface area contributed by atoms with Crippen LogP contribution in [0.4, 0.5) is 0 Å². The number of halogens is 1. The average molecular weight is 320 g/mol. The van der Waals surface area contributed by atoms with Crippen LogP contribution in [0.25, 0.3) is 0 Å². The number of nitrogens with zero attached hydrogens (tertiary/aromatic N) is 1. The quantitative estimate of drug-likeness (QED) is 0.728. The van der Waals surface area contributed by atoms with Crippen LogP contribution in [-0.4, -0.2) is 30.1 Å². The van der Waals surface area contributed by atoms with Gasteiger partial charge >= 0.3 is 0 Å². The summed E-state index contributed by atoms with van der Waals surface area (Å²) in [5, 5.41) is 0. The molecule has 0 amide bonds. The third-order valence-electron chi connectivity index (χ3n) is 5.88. The summed E-state index contributed by atoms with van der Waals surface area (Å²) < 4.78 is 7.76. The van der Waals surface area contributed by atoms with Crippen LogP contribution in [0.2, 0.25) is 0 Å². The predicted octanol–water partition coefficient (Wildman–Crippen LogP) is 3.09. The number of ether oxygens (including phenoxy) is 1. The highest BCUT2D eigenvalue weighted by Gasteiger charge is 2.60. The van der Waals surface area contributed by atoms with E-state index in [0.717, 1.165) is 29.9 Å². The van der Waals surface area contributed by atoms with Crippen molar-refractivity contribution in [3.8, 4) is 5.75 Å². The van der Waals surface area contributed by atoms with Crippen LogP contribution in [-0.2, 0) is 6.42 Å². The largest absolute Gasteiger partial charge is 0.486 e. The Hall–Kier alpha value is -0.540. The number of piperidine rings is 3. The van der Waals surface area contributed by atoms with Crippen molar-refractivity contribution in [2.45, 2.75) is 24.9 Å². The van der Waals surface area contributed by atoms with E-state index in [2.05, 4.69) is 39.0 Å². The van der Waals surface area contributed by atoms with Gasteiger partial charge in [0, 0.05) is 42.4 Å². The van der Waals surface area contributed by atoms with Crippen LogP contribution >= 0.6 is 15.9 Å². The Kier molecular flexibility index (Phi) is 2.09. The summed E-state index contributed by atoms with van der Waals surface area (Å²) in [5.74, 6) is 3.60. The standard InChI is InChI=1S/C16H18BrNO/c17-14-1-2-15-11(5-14)6-16(19-15)12-3-10-4-13(16)9-18(7-10)8-12/h1-2,5,10,12-13H,3-4,6-9H2. The number of rotatable bonds is 0. The van der Waals surface area contributed by atoms with Gasteiger partial charge in [0.05, 0.1) is 0 Å². The monoisotopic (exact) mass is 319 g/mol. The highest BCUT2D eigenvalue weighted by atomic mass is 79.9. The fourth-order valence-electron chi connectivity index (χ4n) is 5.23. The summed E-state index contributed by atoms with van der Waals surface area (Å²) in [6.07, 6.45) is 3.92. The molecule has 3 saturated heterocycles. The molecular formula is C16H18BrNO. The van der Waals surface area contributed by atoms with Gasteiger partial charge in [0.1, 0.15) is 11.4 Å². The maximum absolute atomic E-state index is 6.58. The van der Waals surface area contributed by atoms with Gasteiger partial charge in [-0.05, 0) is 42.5 Å². The summed E-state index contributed by atoms with van der Waals surface area (Å²) in [4.78, 5) is 2.68. The molecule has 100 valence electrons. The topological polar surface area (TPSA) is 12.5 Å². The van der Waals surface area contributed by atoms with Crippen molar-refractivity contribution >= 4 is 15.9 Å². The van der Waals surface area contributed by atoms with Crippen molar-refractivity contribution in [3.05, 3.63) is 28.2 Å².